The second-order valence-corrected chi connectivity index (χ2v) is 3.24. The number of aromatic carboxylic acids is 1. The molecule has 0 aliphatic carbocycles. The van der Waals surface area contributed by atoms with E-state index in [0.29, 0.717) is 11.5 Å². The summed E-state index contributed by atoms with van der Waals surface area (Å²) in [6, 6.07) is 4.22. The quantitative estimate of drug-likeness (QED) is 0.759. The molecule has 1 rings (SSSR count). The van der Waals surface area contributed by atoms with Crippen molar-refractivity contribution in [2.24, 2.45) is 5.73 Å². The molecule has 0 radical (unpaired) electrons. The minimum atomic E-state index is -1.05. The maximum absolute atomic E-state index is 10.7. The van der Waals surface area contributed by atoms with E-state index in [1.165, 1.54) is 25.3 Å². The Morgan fingerprint density at radius 1 is 1.35 bits per heavy atom. The van der Waals surface area contributed by atoms with E-state index in [-0.39, 0.29) is 18.6 Å². The van der Waals surface area contributed by atoms with Gasteiger partial charge in [-0.05, 0) is 18.2 Å². The minimum Gasteiger partial charge on any atom is -0.493 e. The Kier molecular flexibility index (Phi) is 4.33. The van der Waals surface area contributed by atoms with E-state index in [9.17, 15) is 9.59 Å². The van der Waals surface area contributed by atoms with Gasteiger partial charge in [-0.3, -0.25) is 4.79 Å². The summed E-state index contributed by atoms with van der Waals surface area (Å²) in [6.07, 6.45) is 0.0871. The Bertz CT molecular complexity index is 430. The van der Waals surface area contributed by atoms with Crippen molar-refractivity contribution in [1.82, 2.24) is 0 Å². The number of amides is 1. The predicted octanol–water partition coefficient (Wildman–Crippen LogP) is 0.648. The van der Waals surface area contributed by atoms with Crippen molar-refractivity contribution in [3.8, 4) is 11.5 Å². The van der Waals surface area contributed by atoms with Gasteiger partial charge in [0, 0.05) is 0 Å². The number of carbonyl (C=O) groups excluding carboxylic acids is 1. The van der Waals surface area contributed by atoms with Crippen molar-refractivity contribution < 1.29 is 24.2 Å². The van der Waals surface area contributed by atoms with Crippen LogP contribution in [0.3, 0.4) is 0 Å². The first-order valence-electron chi connectivity index (χ1n) is 4.87. The van der Waals surface area contributed by atoms with E-state index in [1.807, 2.05) is 0 Å². The van der Waals surface area contributed by atoms with Gasteiger partial charge in [0.15, 0.2) is 11.5 Å². The van der Waals surface area contributed by atoms with Gasteiger partial charge in [-0.2, -0.15) is 0 Å². The maximum atomic E-state index is 10.7. The molecule has 0 aliphatic rings. The van der Waals surface area contributed by atoms with Gasteiger partial charge >= 0.3 is 5.97 Å². The Labute approximate surface area is 97.9 Å². The summed E-state index contributed by atoms with van der Waals surface area (Å²) < 4.78 is 10.2. The number of carboxylic acid groups (broad SMARTS) is 1. The molecule has 0 aromatic heterocycles. The van der Waals surface area contributed by atoms with Gasteiger partial charge in [-0.25, -0.2) is 4.79 Å². The molecule has 0 saturated heterocycles. The number of hydrogen-bond acceptors (Lipinski definition) is 4. The van der Waals surface area contributed by atoms with Gasteiger partial charge in [0.1, 0.15) is 0 Å². The molecular weight excluding hydrogens is 226 g/mol. The molecule has 17 heavy (non-hydrogen) atoms. The number of nitrogens with two attached hydrogens (primary N) is 1. The lowest BCUT2D eigenvalue weighted by molar-refractivity contribution is -0.118. The van der Waals surface area contributed by atoms with Gasteiger partial charge in [-0.15, -0.1) is 0 Å². The third kappa shape index (κ3) is 3.67. The van der Waals surface area contributed by atoms with E-state index in [4.69, 9.17) is 20.3 Å². The average molecular weight is 239 g/mol. The monoisotopic (exact) mass is 239 g/mol. The fourth-order valence-corrected chi connectivity index (χ4v) is 1.18. The van der Waals surface area contributed by atoms with Crippen molar-refractivity contribution in [3.63, 3.8) is 0 Å². The molecule has 92 valence electrons. The summed E-state index contributed by atoms with van der Waals surface area (Å²) >= 11 is 0. The van der Waals surface area contributed by atoms with Gasteiger partial charge in [-0.1, -0.05) is 0 Å². The molecule has 6 heteroatoms. The molecule has 0 saturated carbocycles. The fourth-order valence-electron chi connectivity index (χ4n) is 1.18. The lowest BCUT2D eigenvalue weighted by atomic mass is 10.2. The van der Waals surface area contributed by atoms with E-state index >= 15 is 0 Å². The van der Waals surface area contributed by atoms with Crippen LogP contribution >= 0.6 is 0 Å². The summed E-state index contributed by atoms with van der Waals surface area (Å²) in [6.45, 7) is 0.123. The lowest BCUT2D eigenvalue weighted by Crippen LogP contribution is -2.14. The topological polar surface area (TPSA) is 98.8 Å². The summed E-state index contributed by atoms with van der Waals surface area (Å²) in [7, 11) is 1.40. The smallest absolute Gasteiger partial charge is 0.335 e. The molecule has 1 aromatic rings. The van der Waals surface area contributed by atoms with Crippen LogP contribution in [-0.2, 0) is 4.79 Å². The number of primary amides is 1. The van der Waals surface area contributed by atoms with Crippen LogP contribution in [0.5, 0.6) is 11.5 Å². The summed E-state index contributed by atoms with van der Waals surface area (Å²) in [4.78, 5) is 21.2. The standard InChI is InChI=1S/C11H13NO5/c1-16-9-6-7(11(14)15)2-3-8(9)17-5-4-10(12)13/h2-3,6H,4-5H2,1H3,(H2,12,13)(H,14,15). The first-order valence-corrected chi connectivity index (χ1v) is 4.87. The first kappa shape index (κ1) is 12.8. The van der Waals surface area contributed by atoms with Gasteiger partial charge in [0.05, 0.1) is 25.7 Å². The first-order chi connectivity index (χ1) is 8.04. The van der Waals surface area contributed by atoms with Crippen LogP contribution in [0, 0.1) is 0 Å². The zero-order valence-electron chi connectivity index (χ0n) is 9.30. The molecule has 1 amide bonds. The highest BCUT2D eigenvalue weighted by Gasteiger charge is 2.10. The molecule has 0 fully saturated rings. The van der Waals surface area contributed by atoms with Crippen molar-refractivity contribution in [2.75, 3.05) is 13.7 Å². The van der Waals surface area contributed by atoms with Crippen LogP contribution in [0.2, 0.25) is 0 Å². The number of carboxylic acids is 1. The van der Waals surface area contributed by atoms with E-state index in [2.05, 4.69) is 0 Å². The van der Waals surface area contributed by atoms with Crippen LogP contribution in [0.4, 0.5) is 0 Å². The summed E-state index contributed by atoms with van der Waals surface area (Å²) in [5.74, 6) is -0.841. The SMILES string of the molecule is COc1cc(C(=O)O)ccc1OCCC(N)=O. The van der Waals surface area contributed by atoms with Gasteiger partial charge in [0.25, 0.3) is 0 Å². The second-order valence-electron chi connectivity index (χ2n) is 3.24. The van der Waals surface area contributed by atoms with E-state index in [0.717, 1.165) is 0 Å². The number of methoxy groups -OCH3 is 1. The van der Waals surface area contributed by atoms with Crippen molar-refractivity contribution in [3.05, 3.63) is 23.8 Å². The van der Waals surface area contributed by atoms with E-state index < -0.39 is 11.9 Å². The summed E-state index contributed by atoms with van der Waals surface area (Å²) in [5.41, 5.74) is 5.06. The minimum absolute atomic E-state index is 0.0871. The second kappa shape index (κ2) is 5.74. The molecule has 0 heterocycles. The molecule has 0 atom stereocenters. The highest BCUT2D eigenvalue weighted by Crippen LogP contribution is 2.28. The summed E-state index contributed by atoms with van der Waals surface area (Å²) in [5, 5.41) is 8.79. The number of ether oxygens (including phenoxy) is 2. The van der Waals surface area contributed by atoms with Crippen molar-refractivity contribution >= 4 is 11.9 Å². The number of rotatable bonds is 6. The third-order valence-corrected chi connectivity index (χ3v) is 2.02. The number of hydrogen-bond donors (Lipinski definition) is 2. The number of carbonyl (C=O) groups is 2. The molecule has 0 unspecified atom stereocenters. The van der Waals surface area contributed by atoms with Gasteiger partial charge < -0.3 is 20.3 Å². The highest BCUT2D eigenvalue weighted by atomic mass is 16.5. The normalized spacial score (nSPS) is 9.71. The maximum Gasteiger partial charge on any atom is 0.335 e. The van der Waals surface area contributed by atoms with Crippen LogP contribution in [0.25, 0.3) is 0 Å². The highest BCUT2D eigenvalue weighted by molar-refractivity contribution is 5.88. The van der Waals surface area contributed by atoms with E-state index in [1.54, 1.807) is 0 Å². The van der Waals surface area contributed by atoms with Crippen LogP contribution < -0.4 is 15.2 Å². The van der Waals surface area contributed by atoms with Crippen LogP contribution in [-0.4, -0.2) is 30.7 Å². The average Bonchev–Trinajstić information content (AvgIpc) is 2.28. The van der Waals surface area contributed by atoms with Crippen molar-refractivity contribution in [2.45, 2.75) is 6.42 Å². The predicted molar refractivity (Wildman–Crippen MR) is 59.3 cm³/mol. The van der Waals surface area contributed by atoms with Crippen LogP contribution in [0.15, 0.2) is 18.2 Å². The Hall–Kier alpha value is -2.24. The Morgan fingerprint density at radius 3 is 2.59 bits per heavy atom. The molecule has 0 aliphatic heterocycles. The third-order valence-electron chi connectivity index (χ3n) is 2.02. The zero-order chi connectivity index (χ0) is 12.8. The Balaban J connectivity index is 2.78. The molecule has 6 nitrogen and oxygen atoms in total. The largest absolute Gasteiger partial charge is 0.493 e. The fraction of sp³-hybridized carbons (Fsp3) is 0.273. The molecule has 1 aromatic carbocycles. The zero-order valence-corrected chi connectivity index (χ0v) is 9.30. The molecule has 0 spiro atoms. The molecule has 0 bridgehead atoms. The van der Waals surface area contributed by atoms with Gasteiger partial charge in [0.2, 0.25) is 5.91 Å². The van der Waals surface area contributed by atoms with Crippen molar-refractivity contribution in [1.29, 1.82) is 0 Å². The van der Waals surface area contributed by atoms with Crippen LogP contribution in [0.1, 0.15) is 16.8 Å². The molecular formula is C11H13NO5. The Morgan fingerprint density at radius 2 is 2.06 bits per heavy atom. The molecule has 3 N–H and O–H groups in total. The number of benzene rings is 1. The lowest BCUT2D eigenvalue weighted by Gasteiger charge is -2.10.